The van der Waals surface area contributed by atoms with Crippen molar-refractivity contribution in [2.45, 2.75) is 13.8 Å². The summed E-state index contributed by atoms with van der Waals surface area (Å²) in [5, 5.41) is 11.2. The number of nitrogens with zero attached hydrogens (tertiary/aromatic N) is 4. The first-order valence-corrected chi connectivity index (χ1v) is 8.77. The van der Waals surface area contributed by atoms with Gasteiger partial charge in [-0.25, -0.2) is 0 Å². The van der Waals surface area contributed by atoms with Gasteiger partial charge in [-0.1, -0.05) is 0 Å². The van der Waals surface area contributed by atoms with Gasteiger partial charge < -0.3 is 0 Å². The van der Waals surface area contributed by atoms with Crippen molar-refractivity contribution in [3.8, 4) is 0 Å². The number of aromatic nitrogens is 4. The van der Waals surface area contributed by atoms with Gasteiger partial charge in [-0.2, -0.15) is 0 Å². The zero-order chi connectivity index (χ0) is 12.3. The fourth-order valence-electron chi connectivity index (χ4n) is 2.35. The molecule has 4 nitrogen and oxygen atoms in total. The molecule has 0 saturated heterocycles. The van der Waals surface area contributed by atoms with Gasteiger partial charge in [0.1, 0.15) is 0 Å². The van der Waals surface area contributed by atoms with E-state index in [0.29, 0.717) is 0 Å². The van der Waals surface area contributed by atoms with Crippen molar-refractivity contribution >= 4 is 59.8 Å². The molecular weight excluding hydrogens is 358 g/mol. The van der Waals surface area contributed by atoms with E-state index >= 15 is 0 Å². The number of hydrogen-bond acceptors (Lipinski definition) is 4. The van der Waals surface area contributed by atoms with Gasteiger partial charge in [0, 0.05) is 0 Å². The Morgan fingerprint density at radius 3 is 1.67 bits per heavy atom. The number of hydrogen-bond donors (Lipinski definition) is 0. The van der Waals surface area contributed by atoms with Crippen LogP contribution in [0, 0.1) is 13.8 Å². The quantitative estimate of drug-likeness (QED) is 0.442. The molecule has 0 aliphatic rings. The average Bonchev–Trinajstić information content (AvgIpc) is 2.98. The molecule has 0 fully saturated rings. The predicted molar refractivity (Wildman–Crippen MR) is 73.5 cm³/mol. The summed E-state index contributed by atoms with van der Waals surface area (Å²) in [5.41, 5.74) is 4.60. The molecule has 0 amide bonds. The van der Waals surface area contributed by atoms with Crippen LogP contribution in [0.4, 0.5) is 0 Å². The van der Waals surface area contributed by atoms with Crippen molar-refractivity contribution in [3.05, 3.63) is 23.3 Å². The van der Waals surface area contributed by atoms with E-state index in [2.05, 4.69) is 44.4 Å². The summed E-state index contributed by atoms with van der Waals surface area (Å²) in [5.74, 6) is 0. The van der Waals surface area contributed by atoms with E-state index in [-0.39, 0.29) is 29.5 Å². The molecule has 0 aliphatic carbocycles. The van der Waals surface area contributed by atoms with Crippen LogP contribution in [-0.2, 0) is 0 Å². The molecule has 88 valence electrons. The summed E-state index contributed by atoms with van der Waals surface area (Å²) in [6.07, 6.45) is 0. The van der Waals surface area contributed by atoms with E-state index in [0.717, 1.165) is 11.0 Å². The van der Waals surface area contributed by atoms with Gasteiger partial charge in [-0.15, -0.1) is 0 Å². The second-order valence-electron chi connectivity index (χ2n) is 4.38. The number of aryl methyl sites for hydroxylation is 2. The molecule has 0 bridgehead atoms. The maximum atomic E-state index is 4.28. The Morgan fingerprint density at radius 1 is 0.778 bits per heavy atom. The van der Waals surface area contributed by atoms with E-state index in [1.54, 1.807) is 0 Å². The molecule has 6 heteroatoms. The normalized spacial score (nSPS) is 11.9. The molecule has 0 N–H and O–H groups in total. The molecule has 4 rings (SSSR count). The number of fused-ring (bicyclic) bond motifs is 5. The van der Waals surface area contributed by atoms with Crippen LogP contribution in [0.5, 0.6) is 0 Å². The van der Waals surface area contributed by atoms with Gasteiger partial charge in [0.05, 0.1) is 0 Å². The minimum absolute atomic E-state index is 0.125. The van der Waals surface area contributed by atoms with Crippen molar-refractivity contribution in [1.29, 1.82) is 0 Å². The predicted octanol–water partition coefficient (Wildman–Crippen LogP) is 1.46. The molecule has 0 radical (unpaired) electrons. The molecule has 0 saturated carbocycles. The van der Waals surface area contributed by atoms with E-state index in [1.165, 1.54) is 30.4 Å². The topological polar surface area (TPSA) is 51.6 Å². The van der Waals surface area contributed by atoms with Crippen molar-refractivity contribution < 1.29 is 0 Å². The SMILES string of the molecule is Cc1cc2c(cc(C)c3nn[se]c32)c2[se]nnc12. The second-order valence-corrected chi connectivity index (χ2v) is 7.55. The van der Waals surface area contributed by atoms with Gasteiger partial charge in [-0.05, 0) is 0 Å². The first-order chi connectivity index (χ1) is 8.75. The van der Waals surface area contributed by atoms with Crippen LogP contribution < -0.4 is 0 Å². The van der Waals surface area contributed by atoms with Gasteiger partial charge in [0.25, 0.3) is 0 Å². The summed E-state index contributed by atoms with van der Waals surface area (Å²) in [7, 11) is 0. The Bertz CT molecular complexity index is 831. The fraction of sp³-hybridized carbons (Fsp3) is 0.167. The standard InChI is InChI=1S/C12H8N4Se2/c1-5-3-7-8(11-9(5)13-15-17-11)4-6(2)10-12(7)18-16-14-10/h3-4H,1-2H3. The van der Waals surface area contributed by atoms with Gasteiger partial charge >= 0.3 is 115 Å². The molecule has 2 aromatic heterocycles. The van der Waals surface area contributed by atoms with Crippen LogP contribution in [0.1, 0.15) is 11.1 Å². The third-order valence-corrected chi connectivity index (χ3v) is 6.41. The Labute approximate surface area is 115 Å². The van der Waals surface area contributed by atoms with E-state index < -0.39 is 0 Å². The zero-order valence-electron chi connectivity index (χ0n) is 9.76. The molecule has 0 unspecified atom stereocenters. The summed E-state index contributed by atoms with van der Waals surface area (Å²) in [6, 6.07) is 4.45. The van der Waals surface area contributed by atoms with Crippen LogP contribution in [0.3, 0.4) is 0 Å². The summed E-state index contributed by atoms with van der Waals surface area (Å²) >= 11 is 0.250. The average molecular weight is 366 g/mol. The monoisotopic (exact) mass is 368 g/mol. The number of benzene rings is 2. The minimum atomic E-state index is 0.125. The van der Waals surface area contributed by atoms with Gasteiger partial charge in [0.2, 0.25) is 0 Å². The Balaban J connectivity index is 2.40. The van der Waals surface area contributed by atoms with E-state index in [1.807, 2.05) is 0 Å². The first-order valence-electron chi connectivity index (χ1n) is 5.53. The molecule has 2 aromatic carbocycles. The molecule has 4 aromatic rings. The van der Waals surface area contributed by atoms with Crippen LogP contribution in [-0.4, -0.2) is 47.9 Å². The Morgan fingerprint density at radius 2 is 1.22 bits per heavy atom. The molecular formula is C12H8N4Se2. The first kappa shape index (κ1) is 10.8. The Kier molecular flexibility index (Phi) is 2.23. The third kappa shape index (κ3) is 1.32. The van der Waals surface area contributed by atoms with Gasteiger partial charge in [-0.3, -0.25) is 0 Å². The van der Waals surface area contributed by atoms with Crippen LogP contribution in [0.2, 0.25) is 0 Å². The molecule has 0 aliphatic heterocycles. The zero-order valence-corrected chi connectivity index (χ0v) is 13.2. The van der Waals surface area contributed by atoms with Crippen molar-refractivity contribution in [1.82, 2.24) is 18.4 Å². The van der Waals surface area contributed by atoms with Crippen molar-refractivity contribution in [3.63, 3.8) is 0 Å². The fourth-order valence-corrected chi connectivity index (χ4v) is 5.54. The van der Waals surface area contributed by atoms with E-state index in [9.17, 15) is 0 Å². The van der Waals surface area contributed by atoms with Crippen LogP contribution >= 0.6 is 0 Å². The van der Waals surface area contributed by atoms with Crippen molar-refractivity contribution in [2.75, 3.05) is 0 Å². The van der Waals surface area contributed by atoms with Crippen LogP contribution in [0.25, 0.3) is 30.3 Å². The second kappa shape index (κ2) is 3.72. The van der Waals surface area contributed by atoms with E-state index in [4.69, 9.17) is 0 Å². The van der Waals surface area contributed by atoms with Crippen molar-refractivity contribution in [2.24, 2.45) is 0 Å². The molecule has 18 heavy (non-hydrogen) atoms. The van der Waals surface area contributed by atoms with Crippen LogP contribution in [0.15, 0.2) is 12.1 Å². The molecule has 0 spiro atoms. The molecule has 2 heterocycles. The summed E-state index contributed by atoms with van der Waals surface area (Å²) < 4.78 is 11.1. The Hall–Kier alpha value is -1.06. The third-order valence-electron chi connectivity index (χ3n) is 3.22. The summed E-state index contributed by atoms with van der Waals surface area (Å²) in [4.78, 5) is 0. The number of rotatable bonds is 0. The van der Waals surface area contributed by atoms with Gasteiger partial charge in [0.15, 0.2) is 0 Å². The molecule has 0 atom stereocenters. The maximum absolute atomic E-state index is 4.28. The summed E-state index contributed by atoms with van der Waals surface area (Å²) in [6.45, 7) is 4.22.